The van der Waals surface area contributed by atoms with Gasteiger partial charge in [0.05, 0.1) is 11.4 Å². The second kappa shape index (κ2) is 6.27. The van der Waals surface area contributed by atoms with Crippen molar-refractivity contribution in [2.45, 2.75) is 26.7 Å². The molecular formula is C20H22N2. The molecule has 3 rings (SSSR count). The fraction of sp³-hybridized carbons (Fsp3) is 0.300. The van der Waals surface area contributed by atoms with Gasteiger partial charge in [0, 0.05) is 12.4 Å². The maximum absolute atomic E-state index is 4.51. The SMILES string of the molecule is CC(C)C1(C/C=C/c2ccc(-c3ccccn3)nc2)C=CC1. The third-order valence-electron chi connectivity index (χ3n) is 4.62. The second-order valence-corrected chi connectivity index (χ2v) is 6.29. The van der Waals surface area contributed by atoms with Crippen LogP contribution in [0.5, 0.6) is 0 Å². The molecule has 1 unspecified atom stereocenters. The summed E-state index contributed by atoms with van der Waals surface area (Å²) in [5.74, 6) is 0.687. The third kappa shape index (κ3) is 3.01. The van der Waals surface area contributed by atoms with Crippen molar-refractivity contribution in [3.05, 3.63) is 66.5 Å². The number of nitrogens with zero attached hydrogens (tertiary/aromatic N) is 2. The first-order chi connectivity index (χ1) is 10.7. The van der Waals surface area contributed by atoms with Crippen molar-refractivity contribution in [2.24, 2.45) is 11.3 Å². The van der Waals surface area contributed by atoms with Gasteiger partial charge in [0.15, 0.2) is 0 Å². The molecule has 0 saturated heterocycles. The molecular weight excluding hydrogens is 268 g/mol. The Kier molecular flexibility index (Phi) is 4.19. The van der Waals surface area contributed by atoms with Crippen LogP contribution in [0.2, 0.25) is 0 Å². The van der Waals surface area contributed by atoms with Crippen LogP contribution >= 0.6 is 0 Å². The predicted molar refractivity (Wildman–Crippen MR) is 92.1 cm³/mol. The van der Waals surface area contributed by atoms with Gasteiger partial charge in [-0.2, -0.15) is 0 Å². The molecule has 1 aliphatic rings. The largest absolute Gasteiger partial charge is 0.255 e. The predicted octanol–water partition coefficient (Wildman–Crippen LogP) is 5.15. The fourth-order valence-corrected chi connectivity index (χ4v) is 2.82. The lowest BCUT2D eigenvalue weighted by Crippen LogP contribution is -2.28. The Balaban J connectivity index is 1.67. The van der Waals surface area contributed by atoms with Crippen molar-refractivity contribution in [2.75, 3.05) is 0 Å². The van der Waals surface area contributed by atoms with E-state index in [4.69, 9.17) is 0 Å². The molecule has 2 nitrogen and oxygen atoms in total. The molecule has 0 amide bonds. The Labute approximate surface area is 132 Å². The minimum atomic E-state index is 0.373. The molecule has 2 heterocycles. The van der Waals surface area contributed by atoms with Crippen LogP contribution in [0.1, 0.15) is 32.3 Å². The van der Waals surface area contributed by atoms with Crippen molar-refractivity contribution >= 4 is 6.08 Å². The minimum absolute atomic E-state index is 0.373. The van der Waals surface area contributed by atoms with Gasteiger partial charge in [0.1, 0.15) is 0 Å². The molecule has 1 aliphatic carbocycles. The average molecular weight is 290 g/mol. The van der Waals surface area contributed by atoms with Crippen LogP contribution < -0.4 is 0 Å². The van der Waals surface area contributed by atoms with Crippen LogP contribution in [-0.4, -0.2) is 9.97 Å². The molecule has 2 aromatic rings. The average Bonchev–Trinajstić information content (AvgIpc) is 2.51. The summed E-state index contributed by atoms with van der Waals surface area (Å²) < 4.78 is 0. The van der Waals surface area contributed by atoms with E-state index in [1.54, 1.807) is 6.20 Å². The number of allylic oxidation sites excluding steroid dienone is 3. The van der Waals surface area contributed by atoms with E-state index >= 15 is 0 Å². The van der Waals surface area contributed by atoms with Crippen molar-refractivity contribution in [3.8, 4) is 11.4 Å². The van der Waals surface area contributed by atoms with Crippen molar-refractivity contribution in [1.82, 2.24) is 9.97 Å². The number of hydrogen-bond acceptors (Lipinski definition) is 2. The summed E-state index contributed by atoms with van der Waals surface area (Å²) in [6.07, 6.45) is 15.1. The van der Waals surface area contributed by atoms with Crippen LogP contribution in [0.25, 0.3) is 17.5 Å². The van der Waals surface area contributed by atoms with Gasteiger partial charge in [0.25, 0.3) is 0 Å². The number of aromatic nitrogens is 2. The van der Waals surface area contributed by atoms with Crippen LogP contribution in [0.15, 0.2) is 61.0 Å². The molecule has 0 aromatic carbocycles. The highest BCUT2D eigenvalue weighted by Gasteiger charge is 2.33. The van der Waals surface area contributed by atoms with E-state index in [1.807, 2.05) is 30.5 Å². The van der Waals surface area contributed by atoms with E-state index in [1.165, 1.54) is 6.42 Å². The summed E-state index contributed by atoms with van der Waals surface area (Å²) in [7, 11) is 0. The summed E-state index contributed by atoms with van der Waals surface area (Å²) in [5.41, 5.74) is 3.34. The molecule has 0 fully saturated rings. The minimum Gasteiger partial charge on any atom is -0.255 e. The van der Waals surface area contributed by atoms with Gasteiger partial charge in [-0.05, 0) is 47.9 Å². The summed E-state index contributed by atoms with van der Waals surface area (Å²) in [6.45, 7) is 4.61. The van der Waals surface area contributed by atoms with Crippen LogP contribution in [0.4, 0.5) is 0 Å². The first-order valence-electron chi connectivity index (χ1n) is 7.91. The highest BCUT2D eigenvalue weighted by atomic mass is 14.8. The fourth-order valence-electron chi connectivity index (χ4n) is 2.82. The van der Waals surface area contributed by atoms with E-state index in [0.717, 1.165) is 23.4 Å². The number of pyridine rings is 2. The first-order valence-corrected chi connectivity index (χ1v) is 7.91. The molecule has 22 heavy (non-hydrogen) atoms. The highest BCUT2D eigenvalue weighted by molar-refractivity contribution is 5.57. The lowest BCUT2D eigenvalue weighted by Gasteiger charge is -2.39. The van der Waals surface area contributed by atoms with Crippen LogP contribution in [0.3, 0.4) is 0 Å². The molecule has 0 saturated carbocycles. The van der Waals surface area contributed by atoms with Gasteiger partial charge in [-0.15, -0.1) is 0 Å². The van der Waals surface area contributed by atoms with E-state index in [0.29, 0.717) is 11.3 Å². The van der Waals surface area contributed by atoms with Crippen LogP contribution in [-0.2, 0) is 0 Å². The summed E-state index contributed by atoms with van der Waals surface area (Å²) in [5, 5.41) is 0. The molecule has 1 atom stereocenters. The van der Waals surface area contributed by atoms with Crippen molar-refractivity contribution in [3.63, 3.8) is 0 Å². The van der Waals surface area contributed by atoms with E-state index in [9.17, 15) is 0 Å². The second-order valence-electron chi connectivity index (χ2n) is 6.29. The highest BCUT2D eigenvalue weighted by Crippen LogP contribution is 2.44. The standard InChI is InChI=1S/C20H22N2/c1-16(2)20(12-6-13-20)11-5-7-17-9-10-19(22-15-17)18-8-3-4-14-21-18/h3-10,12,14-16H,11,13H2,1-2H3/b7-5+. The summed E-state index contributed by atoms with van der Waals surface area (Å²) in [4.78, 5) is 8.83. The maximum Gasteiger partial charge on any atom is 0.0886 e. The van der Waals surface area contributed by atoms with E-state index in [-0.39, 0.29) is 0 Å². The Hall–Kier alpha value is -2.22. The Morgan fingerprint density at radius 3 is 2.50 bits per heavy atom. The van der Waals surface area contributed by atoms with Crippen LogP contribution in [0, 0.1) is 11.3 Å². The maximum atomic E-state index is 4.51. The van der Waals surface area contributed by atoms with Gasteiger partial charge in [-0.3, -0.25) is 9.97 Å². The topological polar surface area (TPSA) is 25.8 Å². The quantitative estimate of drug-likeness (QED) is 0.712. The Morgan fingerprint density at radius 2 is 1.95 bits per heavy atom. The zero-order valence-corrected chi connectivity index (χ0v) is 13.2. The summed E-state index contributed by atoms with van der Waals surface area (Å²) >= 11 is 0. The molecule has 0 bridgehead atoms. The van der Waals surface area contributed by atoms with Gasteiger partial charge >= 0.3 is 0 Å². The Morgan fingerprint density at radius 1 is 1.14 bits per heavy atom. The van der Waals surface area contributed by atoms with Crippen molar-refractivity contribution in [1.29, 1.82) is 0 Å². The zero-order chi connectivity index (χ0) is 15.4. The molecule has 112 valence electrons. The number of hydrogen-bond donors (Lipinski definition) is 0. The molecule has 0 aliphatic heterocycles. The Bertz CT molecular complexity index is 669. The normalized spacial score (nSPS) is 20.5. The molecule has 2 heteroatoms. The monoisotopic (exact) mass is 290 g/mol. The molecule has 0 spiro atoms. The van der Waals surface area contributed by atoms with Crippen molar-refractivity contribution < 1.29 is 0 Å². The van der Waals surface area contributed by atoms with E-state index < -0.39 is 0 Å². The van der Waals surface area contributed by atoms with Gasteiger partial charge < -0.3 is 0 Å². The lowest BCUT2D eigenvalue weighted by molar-refractivity contribution is 0.244. The van der Waals surface area contributed by atoms with Gasteiger partial charge in [-0.1, -0.05) is 50.3 Å². The van der Waals surface area contributed by atoms with E-state index in [2.05, 4.69) is 54.2 Å². The lowest BCUT2D eigenvalue weighted by atomic mass is 9.66. The smallest absolute Gasteiger partial charge is 0.0886 e. The van der Waals surface area contributed by atoms with Gasteiger partial charge in [-0.25, -0.2) is 0 Å². The summed E-state index contributed by atoms with van der Waals surface area (Å²) in [6, 6.07) is 10.0. The first kappa shape index (κ1) is 14.7. The molecule has 0 N–H and O–H groups in total. The number of rotatable bonds is 5. The van der Waals surface area contributed by atoms with Gasteiger partial charge in [0.2, 0.25) is 0 Å². The third-order valence-corrected chi connectivity index (χ3v) is 4.62. The zero-order valence-electron chi connectivity index (χ0n) is 13.2. The molecule has 2 aromatic heterocycles. The molecule has 0 radical (unpaired) electrons.